The Hall–Kier alpha value is -1.91. The summed E-state index contributed by atoms with van der Waals surface area (Å²) in [6.07, 6.45) is 4.67. The summed E-state index contributed by atoms with van der Waals surface area (Å²) in [5.41, 5.74) is 8.47. The zero-order valence-electron chi connectivity index (χ0n) is 11.1. The Kier molecular flexibility index (Phi) is 2.77. The Labute approximate surface area is 112 Å². The van der Waals surface area contributed by atoms with Crippen LogP contribution in [0, 0.1) is 0 Å². The molecule has 1 heterocycles. The molecule has 5 heteroatoms. The minimum absolute atomic E-state index is 0.0537. The summed E-state index contributed by atoms with van der Waals surface area (Å²) in [6, 6.07) is 3.65. The largest absolute Gasteiger partial charge is 0.482 e. The van der Waals surface area contributed by atoms with Crippen LogP contribution < -0.4 is 21.1 Å². The van der Waals surface area contributed by atoms with Crippen molar-refractivity contribution in [3.05, 3.63) is 12.1 Å². The van der Waals surface area contributed by atoms with E-state index in [4.69, 9.17) is 10.5 Å². The number of nitrogens with two attached hydrogens (primary N) is 1. The van der Waals surface area contributed by atoms with Gasteiger partial charge in [-0.1, -0.05) is 6.92 Å². The van der Waals surface area contributed by atoms with Gasteiger partial charge in [0.25, 0.3) is 5.91 Å². The van der Waals surface area contributed by atoms with Crippen molar-refractivity contribution in [1.82, 2.24) is 0 Å². The zero-order valence-corrected chi connectivity index (χ0v) is 11.1. The van der Waals surface area contributed by atoms with Crippen molar-refractivity contribution in [3.63, 3.8) is 0 Å². The summed E-state index contributed by atoms with van der Waals surface area (Å²) in [4.78, 5) is 11.3. The highest BCUT2D eigenvalue weighted by atomic mass is 16.5. The van der Waals surface area contributed by atoms with Crippen LogP contribution in [0.4, 0.5) is 17.1 Å². The van der Waals surface area contributed by atoms with E-state index in [2.05, 4.69) is 17.6 Å². The summed E-state index contributed by atoms with van der Waals surface area (Å²) in [6.45, 7) is 2.24. The van der Waals surface area contributed by atoms with Crippen molar-refractivity contribution < 1.29 is 9.53 Å². The second-order valence-electron chi connectivity index (χ2n) is 5.38. The van der Waals surface area contributed by atoms with Gasteiger partial charge < -0.3 is 21.1 Å². The number of fused-ring (bicyclic) bond motifs is 1. The predicted octanol–water partition coefficient (Wildman–Crippen LogP) is 2.34. The lowest BCUT2D eigenvalue weighted by molar-refractivity contribution is -0.118. The zero-order chi connectivity index (χ0) is 13.5. The molecule has 0 atom stereocenters. The van der Waals surface area contributed by atoms with Crippen LogP contribution in [0.15, 0.2) is 12.1 Å². The Balaban J connectivity index is 1.89. The second-order valence-corrected chi connectivity index (χ2v) is 5.38. The number of anilines is 3. The number of nitrogens with one attached hydrogen (secondary N) is 2. The lowest BCUT2D eigenvalue weighted by atomic mass is 9.74. The average Bonchev–Trinajstić information content (AvgIpc) is 2.35. The molecule has 1 saturated carbocycles. The fourth-order valence-electron chi connectivity index (χ4n) is 2.71. The predicted molar refractivity (Wildman–Crippen MR) is 75.5 cm³/mol. The SMILES string of the molecule is CCC1(Nc2cc3c(cc2N)OCC(=O)N3)CCC1. The number of hydrogen-bond donors (Lipinski definition) is 3. The number of ether oxygens (including phenoxy) is 1. The molecule has 0 spiro atoms. The van der Waals surface area contributed by atoms with Crippen LogP contribution in [0.25, 0.3) is 0 Å². The van der Waals surface area contributed by atoms with E-state index in [1.54, 1.807) is 6.07 Å². The number of hydrogen-bond acceptors (Lipinski definition) is 4. The molecule has 0 saturated heterocycles. The topological polar surface area (TPSA) is 76.4 Å². The van der Waals surface area contributed by atoms with Gasteiger partial charge in [0.1, 0.15) is 5.75 Å². The molecule has 1 amide bonds. The van der Waals surface area contributed by atoms with Gasteiger partial charge in [-0.25, -0.2) is 0 Å². The van der Waals surface area contributed by atoms with E-state index in [0.717, 1.165) is 12.1 Å². The molecule has 0 bridgehead atoms. The van der Waals surface area contributed by atoms with Crippen molar-refractivity contribution in [2.75, 3.05) is 23.0 Å². The standard InChI is InChI=1S/C14H19N3O2/c1-2-14(4-3-5-14)17-10-7-11-12(6-9(10)15)19-8-13(18)16-11/h6-7,17H,2-5,8,15H2,1H3,(H,16,18). The molecule has 1 fully saturated rings. The molecule has 0 unspecified atom stereocenters. The third-order valence-electron chi connectivity index (χ3n) is 4.17. The van der Waals surface area contributed by atoms with Gasteiger partial charge in [-0.3, -0.25) is 4.79 Å². The summed E-state index contributed by atoms with van der Waals surface area (Å²) in [5, 5.41) is 6.35. The van der Waals surface area contributed by atoms with Gasteiger partial charge in [0.15, 0.2) is 6.61 Å². The number of carbonyl (C=O) groups excluding carboxylic acids is 1. The average molecular weight is 261 g/mol. The molecular formula is C14H19N3O2. The van der Waals surface area contributed by atoms with Gasteiger partial charge in [0, 0.05) is 11.6 Å². The monoisotopic (exact) mass is 261 g/mol. The van der Waals surface area contributed by atoms with Crippen LogP contribution in [0.2, 0.25) is 0 Å². The summed E-state index contributed by atoms with van der Waals surface area (Å²) < 4.78 is 5.35. The lowest BCUT2D eigenvalue weighted by Crippen LogP contribution is -2.44. The first-order chi connectivity index (χ1) is 9.12. The van der Waals surface area contributed by atoms with E-state index < -0.39 is 0 Å². The minimum atomic E-state index is -0.128. The highest BCUT2D eigenvalue weighted by Crippen LogP contribution is 2.42. The van der Waals surface area contributed by atoms with Crippen LogP contribution in [-0.4, -0.2) is 18.1 Å². The van der Waals surface area contributed by atoms with Crippen molar-refractivity contribution in [2.24, 2.45) is 0 Å². The third-order valence-corrected chi connectivity index (χ3v) is 4.17. The van der Waals surface area contributed by atoms with E-state index >= 15 is 0 Å². The molecular weight excluding hydrogens is 242 g/mol. The maximum atomic E-state index is 11.3. The summed E-state index contributed by atoms with van der Waals surface area (Å²) >= 11 is 0. The molecule has 1 aliphatic carbocycles. The van der Waals surface area contributed by atoms with Crippen LogP contribution >= 0.6 is 0 Å². The highest BCUT2D eigenvalue weighted by molar-refractivity contribution is 5.97. The van der Waals surface area contributed by atoms with E-state index in [9.17, 15) is 4.79 Å². The number of nitrogen functional groups attached to an aromatic ring is 1. The van der Waals surface area contributed by atoms with Gasteiger partial charge >= 0.3 is 0 Å². The van der Waals surface area contributed by atoms with Crippen molar-refractivity contribution in [3.8, 4) is 5.75 Å². The Morgan fingerprint density at radius 1 is 1.47 bits per heavy atom. The molecule has 1 aromatic carbocycles. The van der Waals surface area contributed by atoms with Crippen molar-refractivity contribution >= 4 is 23.0 Å². The highest BCUT2D eigenvalue weighted by Gasteiger charge is 2.35. The van der Waals surface area contributed by atoms with Gasteiger partial charge in [-0.15, -0.1) is 0 Å². The maximum Gasteiger partial charge on any atom is 0.262 e. The molecule has 19 heavy (non-hydrogen) atoms. The molecule has 4 N–H and O–H groups in total. The number of benzene rings is 1. The number of carbonyl (C=O) groups is 1. The van der Waals surface area contributed by atoms with Crippen molar-refractivity contribution in [2.45, 2.75) is 38.1 Å². The van der Waals surface area contributed by atoms with Gasteiger partial charge in [0.2, 0.25) is 0 Å². The molecule has 1 aliphatic heterocycles. The number of amides is 1. The third kappa shape index (κ3) is 2.09. The van der Waals surface area contributed by atoms with Crippen LogP contribution in [0.5, 0.6) is 5.75 Å². The smallest absolute Gasteiger partial charge is 0.262 e. The summed E-state index contributed by atoms with van der Waals surface area (Å²) in [5.74, 6) is 0.513. The molecule has 0 radical (unpaired) electrons. The van der Waals surface area contributed by atoms with Gasteiger partial charge in [-0.2, -0.15) is 0 Å². The number of rotatable bonds is 3. The maximum absolute atomic E-state index is 11.3. The van der Waals surface area contributed by atoms with Crippen LogP contribution in [0.3, 0.4) is 0 Å². The molecule has 3 rings (SSSR count). The normalized spacial score (nSPS) is 19.7. The quantitative estimate of drug-likeness (QED) is 0.730. The fourth-order valence-corrected chi connectivity index (χ4v) is 2.71. The van der Waals surface area contributed by atoms with E-state index in [-0.39, 0.29) is 18.1 Å². The van der Waals surface area contributed by atoms with E-state index in [1.165, 1.54) is 19.3 Å². The summed E-state index contributed by atoms with van der Waals surface area (Å²) in [7, 11) is 0. The first-order valence-corrected chi connectivity index (χ1v) is 6.76. The molecule has 0 aromatic heterocycles. The molecule has 1 aromatic rings. The van der Waals surface area contributed by atoms with E-state index in [0.29, 0.717) is 17.1 Å². The second kappa shape index (κ2) is 4.33. The van der Waals surface area contributed by atoms with E-state index in [1.807, 2.05) is 6.07 Å². The minimum Gasteiger partial charge on any atom is -0.482 e. The molecule has 102 valence electrons. The Morgan fingerprint density at radius 2 is 2.26 bits per heavy atom. The van der Waals surface area contributed by atoms with Crippen LogP contribution in [0.1, 0.15) is 32.6 Å². The Morgan fingerprint density at radius 3 is 2.89 bits per heavy atom. The molecule has 5 nitrogen and oxygen atoms in total. The first-order valence-electron chi connectivity index (χ1n) is 6.76. The fraction of sp³-hybridized carbons (Fsp3) is 0.500. The lowest BCUT2D eigenvalue weighted by Gasteiger charge is -2.43. The van der Waals surface area contributed by atoms with Crippen molar-refractivity contribution in [1.29, 1.82) is 0 Å². The molecule has 2 aliphatic rings. The Bertz CT molecular complexity index is 518. The van der Waals surface area contributed by atoms with Crippen LogP contribution in [-0.2, 0) is 4.79 Å². The van der Waals surface area contributed by atoms with Gasteiger partial charge in [0.05, 0.1) is 17.1 Å². The van der Waals surface area contributed by atoms with Gasteiger partial charge in [-0.05, 0) is 31.7 Å². The first kappa shape index (κ1) is 12.1.